The van der Waals surface area contributed by atoms with Crippen LogP contribution in [0.1, 0.15) is 18.4 Å². The summed E-state index contributed by atoms with van der Waals surface area (Å²) in [6.45, 7) is 1.66. The van der Waals surface area contributed by atoms with Crippen molar-refractivity contribution in [2.75, 3.05) is 25.6 Å². The quantitative estimate of drug-likeness (QED) is 0.776. The summed E-state index contributed by atoms with van der Waals surface area (Å²) in [6, 6.07) is 8.49. The maximum Gasteiger partial charge on any atom is 0.241 e. The highest BCUT2D eigenvalue weighted by atomic mass is 16.5. The van der Waals surface area contributed by atoms with Gasteiger partial charge in [-0.15, -0.1) is 0 Å². The molecule has 27 heavy (non-hydrogen) atoms. The number of anilines is 1. The van der Waals surface area contributed by atoms with Crippen LogP contribution in [0, 0.1) is 5.92 Å². The van der Waals surface area contributed by atoms with Crippen LogP contribution in [-0.2, 0) is 16.1 Å². The topological polar surface area (TPSA) is 95.7 Å². The number of amides is 1. The average Bonchev–Trinajstić information content (AvgIpc) is 2.73. The third-order valence-corrected chi connectivity index (χ3v) is 4.62. The number of pyridine rings is 1. The molecule has 3 rings (SSSR count). The molecule has 1 aliphatic rings. The van der Waals surface area contributed by atoms with Crippen LogP contribution in [0.3, 0.4) is 0 Å². The molecular formula is C20H25N3O4. The van der Waals surface area contributed by atoms with Crippen LogP contribution in [-0.4, -0.2) is 37.3 Å². The van der Waals surface area contributed by atoms with Crippen LogP contribution in [0.25, 0.3) is 0 Å². The van der Waals surface area contributed by atoms with Gasteiger partial charge >= 0.3 is 0 Å². The molecule has 3 N–H and O–H groups in total. The molecule has 7 heteroatoms. The summed E-state index contributed by atoms with van der Waals surface area (Å²) in [5.41, 5.74) is 7.69. The summed E-state index contributed by atoms with van der Waals surface area (Å²) in [5.74, 6) is 1.06. The minimum atomic E-state index is -0.559. The number of carbonyl (C=O) groups excluding carboxylic acids is 1. The van der Waals surface area contributed by atoms with E-state index in [1.54, 1.807) is 37.7 Å². The first-order chi connectivity index (χ1) is 13.2. The molecule has 1 unspecified atom stereocenters. The highest BCUT2D eigenvalue weighted by Gasteiger charge is 2.26. The molecule has 1 aromatic carbocycles. The molecule has 1 amide bonds. The van der Waals surface area contributed by atoms with Crippen LogP contribution in [0.4, 0.5) is 5.69 Å². The monoisotopic (exact) mass is 371 g/mol. The molecule has 2 heterocycles. The number of rotatable bonds is 7. The van der Waals surface area contributed by atoms with Crippen LogP contribution in [0.15, 0.2) is 42.7 Å². The van der Waals surface area contributed by atoms with E-state index in [-0.39, 0.29) is 11.8 Å². The van der Waals surface area contributed by atoms with E-state index in [2.05, 4.69) is 10.3 Å². The molecular weight excluding hydrogens is 346 g/mol. The summed E-state index contributed by atoms with van der Waals surface area (Å²) in [4.78, 5) is 16.6. The Bertz CT molecular complexity index is 748. The molecule has 0 saturated carbocycles. The van der Waals surface area contributed by atoms with Crippen LogP contribution in [0.2, 0.25) is 0 Å². The summed E-state index contributed by atoms with van der Waals surface area (Å²) in [7, 11) is 1.57. The van der Waals surface area contributed by atoms with E-state index in [0.717, 1.165) is 18.4 Å². The second kappa shape index (κ2) is 9.34. The first kappa shape index (κ1) is 19.1. The van der Waals surface area contributed by atoms with E-state index >= 15 is 0 Å². The zero-order chi connectivity index (χ0) is 19.1. The zero-order valence-electron chi connectivity index (χ0n) is 15.4. The summed E-state index contributed by atoms with van der Waals surface area (Å²) < 4.78 is 16.5. The van der Waals surface area contributed by atoms with E-state index in [1.807, 2.05) is 12.1 Å². The minimum absolute atomic E-state index is 0.137. The highest BCUT2D eigenvalue weighted by Crippen LogP contribution is 2.31. The lowest BCUT2D eigenvalue weighted by Crippen LogP contribution is -2.44. The zero-order valence-corrected chi connectivity index (χ0v) is 15.4. The van der Waals surface area contributed by atoms with Gasteiger partial charge in [0.05, 0.1) is 13.2 Å². The number of carbonyl (C=O) groups is 1. The Morgan fingerprint density at radius 3 is 2.85 bits per heavy atom. The number of nitrogens with zero attached hydrogens (tertiary/aromatic N) is 1. The Kier molecular flexibility index (Phi) is 6.62. The van der Waals surface area contributed by atoms with E-state index in [1.165, 1.54) is 0 Å². The van der Waals surface area contributed by atoms with Crippen molar-refractivity contribution in [3.05, 3.63) is 48.3 Å². The molecule has 0 radical (unpaired) electrons. The number of nitrogens with two attached hydrogens (primary N) is 1. The fourth-order valence-corrected chi connectivity index (χ4v) is 3.03. The number of aromatic nitrogens is 1. The smallest absolute Gasteiger partial charge is 0.241 e. The largest absolute Gasteiger partial charge is 0.493 e. The lowest BCUT2D eigenvalue weighted by molar-refractivity contribution is -0.119. The SMILES string of the molecule is COc1ccc(NC(=O)C(N)C2CCOCC2)cc1OCc1cccnc1. The first-order valence-electron chi connectivity index (χ1n) is 9.01. The fraction of sp³-hybridized carbons (Fsp3) is 0.400. The molecule has 1 aromatic heterocycles. The van der Waals surface area contributed by atoms with Crippen molar-refractivity contribution < 1.29 is 19.0 Å². The van der Waals surface area contributed by atoms with Crippen LogP contribution < -0.4 is 20.5 Å². The van der Waals surface area contributed by atoms with Gasteiger partial charge in [0, 0.05) is 42.9 Å². The maximum absolute atomic E-state index is 12.5. The highest BCUT2D eigenvalue weighted by molar-refractivity contribution is 5.95. The Hall–Kier alpha value is -2.64. The predicted octanol–water partition coefficient (Wildman–Crippen LogP) is 2.36. The lowest BCUT2D eigenvalue weighted by Gasteiger charge is -2.26. The van der Waals surface area contributed by atoms with Crippen molar-refractivity contribution in [3.63, 3.8) is 0 Å². The Labute approximate surface area is 158 Å². The van der Waals surface area contributed by atoms with Gasteiger partial charge in [-0.3, -0.25) is 9.78 Å². The van der Waals surface area contributed by atoms with Gasteiger partial charge in [-0.25, -0.2) is 0 Å². The number of nitrogens with one attached hydrogen (secondary N) is 1. The van der Waals surface area contributed by atoms with Gasteiger partial charge in [-0.2, -0.15) is 0 Å². The summed E-state index contributed by atoms with van der Waals surface area (Å²) in [5, 5.41) is 2.88. The van der Waals surface area contributed by atoms with Gasteiger partial charge in [-0.1, -0.05) is 6.07 Å². The van der Waals surface area contributed by atoms with Gasteiger partial charge in [0.2, 0.25) is 5.91 Å². The Morgan fingerprint density at radius 2 is 2.15 bits per heavy atom. The maximum atomic E-state index is 12.5. The van der Waals surface area contributed by atoms with Gasteiger partial charge in [0.15, 0.2) is 11.5 Å². The average molecular weight is 371 g/mol. The standard InChI is InChI=1S/C20H25N3O4/c1-25-17-5-4-16(11-18(17)27-13-14-3-2-8-22-12-14)23-20(24)19(21)15-6-9-26-10-7-15/h2-5,8,11-12,15,19H,6-7,9-10,13,21H2,1H3,(H,23,24). The van der Waals surface area contributed by atoms with Crippen molar-refractivity contribution in [3.8, 4) is 11.5 Å². The molecule has 1 aliphatic heterocycles. The van der Waals surface area contributed by atoms with Crippen LogP contribution >= 0.6 is 0 Å². The molecule has 0 spiro atoms. The van der Waals surface area contributed by atoms with Crippen molar-refractivity contribution in [2.24, 2.45) is 11.7 Å². The molecule has 1 atom stereocenters. The molecule has 1 saturated heterocycles. The number of benzene rings is 1. The van der Waals surface area contributed by atoms with Crippen molar-refractivity contribution in [1.29, 1.82) is 0 Å². The lowest BCUT2D eigenvalue weighted by atomic mass is 9.92. The van der Waals surface area contributed by atoms with E-state index < -0.39 is 6.04 Å². The number of methoxy groups -OCH3 is 1. The number of hydrogen-bond donors (Lipinski definition) is 2. The minimum Gasteiger partial charge on any atom is -0.493 e. The molecule has 144 valence electrons. The van der Waals surface area contributed by atoms with E-state index in [4.69, 9.17) is 19.9 Å². The Balaban J connectivity index is 1.65. The van der Waals surface area contributed by atoms with Gasteiger partial charge in [0.25, 0.3) is 0 Å². The summed E-state index contributed by atoms with van der Waals surface area (Å²) >= 11 is 0. The second-order valence-electron chi connectivity index (χ2n) is 6.48. The molecule has 7 nitrogen and oxygen atoms in total. The Morgan fingerprint density at radius 1 is 1.33 bits per heavy atom. The van der Waals surface area contributed by atoms with Gasteiger partial charge < -0.3 is 25.3 Å². The predicted molar refractivity (Wildman–Crippen MR) is 102 cm³/mol. The number of ether oxygens (including phenoxy) is 3. The molecule has 2 aromatic rings. The van der Waals surface area contributed by atoms with E-state index in [0.29, 0.717) is 37.0 Å². The third kappa shape index (κ3) is 5.18. The van der Waals surface area contributed by atoms with E-state index in [9.17, 15) is 4.79 Å². The molecule has 0 bridgehead atoms. The molecule has 0 aliphatic carbocycles. The van der Waals surface area contributed by atoms with Crippen molar-refractivity contribution >= 4 is 11.6 Å². The molecule has 1 fully saturated rings. The first-order valence-corrected chi connectivity index (χ1v) is 9.01. The summed E-state index contributed by atoms with van der Waals surface area (Å²) in [6.07, 6.45) is 5.06. The second-order valence-corrected chi connectivity index (χ2v) is 6.48. The van der Waals surface area contributed by atoms with Crippen molar-refractivity contribution in [2.45, 2.75) is 25.5 Å². The van der Waals surface area contributed by atoms with Gasteiger partial charge in [0.1, 0.15) is 6.61 Å². The van der Waals surface area contributed by atoms with Crippen LogP contribution in [0.5, 0.6) is 11.5 Å². The normalized spacial score (nSPS) is 15.8. The number of hydrogen-bond acceptors (Lipinski definition) is 6. The fourth-order valence-electron chi connectivity index (χ4n) is 3.03. The van der Waals surface area contributed by atoms with Crippen molar-refractivity contribution in [1.82, 2.24) is 4.98 Å². The van der Waals surface area contributed by atoms with Gasteiger partial charge in [-0.05, 0) is 37.0 Å². The third-order valence-electron chi connectivity index (χ3n) is 4.62.